The molecule has 0 saturated heterocycles. The van der Waals surface area contributed by atoms with Gasteiger partial charge in [-0.1, -0.05) is 41.4 Å². The minimum atomic E-state index is -0.109. The first-order valence-corrected chi connectivity index (χ1v) is 8.13. The lowest BCUT2D eigenvalue weighted by Crippen LogP contribution is -2.29. The summed E-state index contributed by atoms with van der Waals surface area (Å²) in [5, 5.41) is 3.57. The molecule has 0 aliphatic carbocycles. The van der Waals surface area contributed by atoms with Crippen molar-refractivity contribution in [2.24, 2.45) is 0 Å². The van der Waals surface area contributed by atoms with Crippen molar-refractivity contribution in [3.05, 3.63) is 64.2 Å². The van der Waals surface area contributed by atoms with Gasteiger partial charge in [0.25, 0.3) is 5.91 Å². The van der Waals surface area contributed by atoms with Gasteiger partial charge < -0.3 is 10.1 Å². The normalized spacial score (nSPS) is 10.4. The fourth-order valence-electron chi connectivity index (χ4n) is 2.29. The third-order valence-corrected chi connectivity index (χ3v) is 3.97. The van der Waals surface area contributed by atoms with Crippen LogP contribution >= 0.6 is 11.6 Å². The standard InChI is InChI=1S/C19H22ClNO2/c1-14-5-3-6-16(11-14)7-4-10-21-19(22)13-23-17-8-9-18(20)15(2)12-17/h3,5-6,8-9,11-12H,4,7,10,13H2,1-2H3,(H,21,22). The number of amides is 1. The van der Waals surface area contributed by atoms with Gasteiger partial charge in [-0.15, -0.1) is 0 Å². The molecule has 1 amide bonds. The Morgan fingerprint density at radius 1 is 1.17 bits per heavy atom. The first kappa shape index (κ1) is 17.4. The fourth-order valence-corrected chi connectivity index (χ4v) is 2.41. The summed E-state index contributed by atoms with van der Waals surface area (Å²) in [6.45, 7) is 4.66. The average molecular weight is 332 g/mol. The van der Waals surface area contributed by atoms with Crippen molar-refractivity contribution in [3.63, 3.8) is 0 Å². The summed E-state index contributed by atoms with van der Waals surface area (Å²) in [7, 11) is 0. The van der Waals surface area contributed by atoms with Crippen LogP contribution in [0.2, 0.25) is 5.02 Å². The first-order valence-electron chi connectivity index (χ1n) is 7.76. The fraction of sp³-hybridized carbons (Fsp3) is 0.316. The van der Waals surface area contributed by atoms with E-state index in [1.54, 1.807) is 12.1 Å². The molecule has 0 heterocycles. The van der Waals surface area contributed by atoms with Crippen molar-refractivity contribution in [2.75, 3.05) is 13.2 Å². The zero-order valence-electron chi connectivity index (χ0n) is 13.6. The molecule has 1 N–H and O–H groups in total. The molecule has 4 heteroatoms. The smallest absolute Gasteiger partial charge is 0.257 e. The van der Waals surface area contributed by atoms with Crippen molar-refractivity contribution in [3.8, 4) is 5.75 Å². The number of aryl methyl sites for hydroxylation is 3. The molecule has 2 aromatic rings. The molecule has 122 valence electrons. The van der Waals surface area contributed by atoms with E-state index in [0.29, 0.717) is 17.3 Å². The highest BCUT2D eigenvalue weighted by atomic mass is 35.5. The molecule has 0 fully saturated rings. The Labute approximate surface area is 142 Å². The summed E-state index contributed by atoms with van der Waals surface area (Å²) >= 11 is 5.95. The molecule has 0 saturated carbocycles. The van der Waals surface area contributed by atoms with E-state index in [9.17, 15) is 4.79 Å². The number of hydrogen-bond donors (Lipinski definition) is 1. The van der Waals surface area contributed by atoms with Crippen LogP contribution in [0.5, 0.6) is 5.75 Å². The number of carbonyl (C=O) groups is 1. The second kappa shape index (κ2) is 8.59. The Hall–Kier alpha value is -2.00. The topological polar surface area (TPSA) is 38.3 Å². The van der Waals surface area contributed by atoms with E-state index in [4.69, 9.17) is 16.3 Å². The highest BCUT2D eigenvalue weighted by Crippen LogP contribution is 2.20. The molecule has 23 heavy (non-hydrogen) atoms. The number of nitrogens with one attached hydrogen (secondary N) is 1. The lowest BCUT2D eigenvalue weighted by atomic mass is 10.1. The summed E-state index contributed by atoms with van der Waals surface area (Å²) in [5.41, 5.74) is 3.49. The van der Waals surface area contributed by atoms with Crippen LogP contribution in [0.25, 0.3) is 0 Å². The van der Waals surface area contributed by atoms with Crippen LogP contribution < -0.4 is 10.1 Å². The number of halogens is 1. The van der Waals surface area contributed by atoms with Crippen LogP contribution in [-0.4, -0.2) is 19.1 Å². The summed E-state index contributed by atoms with van der Waals surface area (Å²) in [6.07, 6.45) is 1.87. The Balaban J connectivity index is 1.66. The van der Waals surface area contributed by atoms with Gasteiger partial charge in [0.1, 0.15) is 5.75 Å². The zero-order valence-corrected chi connectivity index (χ0v) is 14.3. The predicted octanol–water partition coefficient (Wildman–Crippen LogP) is 4.08. The predicted molar refractivity (Wildman–Crippen MR) is 94.2 cm³/mol. The molecule has 0 bridgehead atoms. The monoisotopic (exact) mass is 331 g/mol. The van der Waals surface area contributed by atoms with Gasteiger partial charge in [-0.05, 0) is 56.0 Å². The number of ether oxygens (including phenoxy) is 1. The Kier molecular flexibility index (Phi) is 6.48. The van der Waals surface area contributed by atoms with Crippen molar-refractivity contribution in [1.29, 1.82) is 0 Å². The SMILES string of the molecule is Cc1cccc(CCCNC(=O)COc2ccc(Cl)c(C)c2)c1. The molecule has 3 nitrogen and oxygen atoms in total. The molecular weight excluding hydrogens is 310 g/mol. The maximum atomic E-state index is 11.8. The highest BCUT2D eigenvalue weighted by molar-refractivity contribution is 6.31. The van der Waals surface area contributed by atoms with Crippen LogP contribution in [-0.2, 0) is 11.2 Å². The van der Waals surface area contributed by atoms with E-state index in [1.807, 2.05) is 13.0 Å². The zero-order chi connectivity index (χ0) is 16.7. The summed E-state index contributed by atoms with van der Waals surface area (Å²) in [4.78, 5) is 11.8. The molecule has 0 spiro atoms. The van der Waals surface area contributed by atoms with Crippen molar-refractivity contribution in [2.45, 2.75) is 26.7 Å². The van der Waals surface area contributed by atoms with Gasteiger partial charge in [-0.2, -0.15) is 0 Å². The van der Waals surface area contributed by atoms with Gasteiger partial charge in [0.05, 0.1) is 0 Å². The maximum Gasteiger partial charge on any atom is 0.257 e. The van der Waals surface area contributed by atoms with Crippen LogP contribution in [0.15, 0.2) is 42.5 Å². The third kappa shape index (κ3) is 5.95. The second-order valence-electron chi connectivity index (χ2n) is 5.64. The first-order chi connectivity index (χ1) is 11.0. The van der Waals surface area contributed by atoms with E-state index < -0.39 is 0 Å². The van der Waals surface area contributed by atoms with E-state index in [2.05, 4.69) is 36.5 Å². The van der Waals surface area contributed by atoms with Gasteiger partial charge in [-0.3, -0.25) is 4.79 Å². The largest absolute Gasteiger partial charge is 0.484 e. The molecule has 0 aromatic heterocycles. The van der Waals surface area contributed by atoms with Gasteiger partial charge in [-0.25, -0.2) is 0 Å². The molecule has 2 rings (SSSR count). The van der Waals surface area contributed by atoms with Gasteiger partial charge in [0, 0.05) is 11.6 Å². The highest BCUT2D eigenvalue weighted by Gasteiger charge is 2.04. The van der Waals surface area contributed by atoms with Crippen LogP contribution in [0.1, 0.15) is 23.1 Å². The number of carbonyl (C=O) groups excluding carboxylic acids is 1. The number of benzene rings is 2. The lowest BCUT2D eigenvalue weighted by molar-refractivity contribution is -0.123. The quantitative estimate of drug-likeness (QED) is 0.776. The van der Waals surface area contributed by atoms with E-state index in [0.717, 1.165) is 18.4 Å². The molecule has 0 aliphatic heterocycles. The van der Waals surface area contributed by atoms with E-state index >= 15 is 0 Å². The van der Waals surface area contributed by atoms with Crippen LogP contribution in [0.3, 0.4) is 0 Å². The Bertz CT molecular complexity index is 670. The van der Waals surface area contributed by atoms with E-state index in [-0.39, 0.29) is 12.5 Å². The number of rotatable bonds is 7. The summed E-state index contributed by atoms with van der Waals surface area (Å²) in [5.74, 6) is 0.545. The molecule has 0 aliphatic rings. The summed E-state index contributed by atoms with van der Waals surface area (Å²) in [6, 6.07) is 13.8. The molecule has 0 unspecified atom stereocenters. The van der Waals surface area contributed by atoms with Crippen LogP contribution in [0, 0.1) is 13.8 Å². The maximum absolute atomic E-state index is 11.8. The number of hydrogen-bond acceptors (Lipinski definition) is 2. The molecule has 0 radical (unpaired) electrons. The average Bonchev–Trinajstić information content (AvgIpc) is 2.53. The summed E-state index contributed by atoms with van der Waals surface area (Å²) < 4.78 is 5.46. The molecule has 0 atom stereocenters. The van der Waals surface area contributed by atoms with E-state index in [1.165, 1.54) is 11.1 Å². The second-order valence-corrected chi connectivity index (χ2v) is 6.05. The Morgan fingerprint density at radius 3 is 2.74 bits per heavy atom. The van der Waals surface area contributed by atoms with Gasteiger partial charge in [0.15, 0.2) is 6.61 Å². The van der Waals surface area contributed by atoms with Crippen molar-refractivity contribution in [1.82, 2.24) is 5.32 Å². The molecular formula is C19H22ClNO2. The van der Waals surface area contributed by atoms with Gasteiger partial charge in [0.2, 0.25) is 0 Å². The van der Waals surface area contributed by atoms with Crippen molar-refractivity contribution < 1.29 is 9.53 Å². The Morgan fingerprint density at radius 2 is 2.00 bits per heavy atom. The van der Waals surface area contributed by atoms with Crippen LogP contribution in [0.4, 0.5) is 0 Å². The molecule has 2 aromatic carbocycles. The minimum absolute atomic E-state index is 0.0194. The van der Waals surface area contributed by atoms with Crippen molar-refractivity contribution >= 4 is 17.5 Å². The van der Waals surface area contributed by atoms with Gasteiger partial charge >= 0.3 is 0 Å². The minimum Gasteiger partial charge on any atom is -0.484 e. The third-order valence-electron chi connectivity index (χ3n) is 3.55. The lowest BCUT2D eigenvalue weighted by Gasteiger charge is -2.09.